The molecule has 2 aliphatic heterocycles. The van der Waals surface area contributed by atoms with Gasteiger partial charge in [-0.2, -0.15) is 0 Å². The first-order chi connectivity index (χ1) is 11.1. The summed E-state index contributed by atoms with van der Waals surface area (Å²) in [4.78, 5) is 14.9. The van der Waals surface area contributed by atoms with Crippen molar-refractivity contribution in [1.82, 2.24) is 4.90 Å². The van der Waals surface area contributed by atoms with E-state index in [1.54, 1.807) is 0 Å². The van der Waals surface area contributed by atoms with Crippen LogP contribution in [0.1, 0.15) is 49.4 Å². The largest absolute Gasteiger partial charge is 0.460 e. The van der Waals surface area contributed by atoms with Gasteiger partial charge in [0.25, 0.3) is 0 Å². The van der Waals surface area contributed by atoms with Crippen LogP contribution in [0.5, 0.6) is 0 Å². The second-order valence-corrected chi connectivity index (χ2v) is 8.36. The Hall–Kier alpha value is -0.870. The minimum Gasteiger partial charge on any atom is -0.460 e. The molecule has 0 spiro atoms. The number of hydrogen-bond donors (Lipinski definition) is 0. The number of carbonyl (C=O) groups excluding carboxylic acids is 1. The van der Waals surface area contributed by atoms with Gasteiger partial charge in [-0.05, 0) is 74.2 Å². The summed E-state index contributed by atoms with van der Waals surface area (Å²) in [7, 11) is 0. The van der Waals surface area contributed by atoms with Gasteiger partial charge in [-0.25, -0.2) is 4.79 Å². The van der Waals surface area contributed by atoms with Crippen LogP contribution in [-0.2, 0) is 4.74 Å². The van der Waals surface area contributed by atoms with E-state index in [0.29, 0.717) is 23.6 Å². The van der Waals surface area contributed by atoms with E-state index in [1.165, 1.54) is 38.6 Å². The van der Waals surface area contributed by atoms with Gasteiger partial charge < -0.3 is 4.74 Å². The molecule has 23 heavy (non-hydrogen) atoms. The van der Waals surface area contributed by atoms with Crippen molar-refractivity contribution in [3.8, 4) is 0 Å². The van der Waals surface area contributed by atoms with Crippen LogP contribution in [0.3, 0.4) is 0 Å². The molecule has 1 saturated carbocycles. The van der Waals surface area contributed by atoms with Crippen molar-refractivity contribution in [2.24, 2.45) is 11.3 Å². The first-order valence-corrected chi connectivity index (χ1v) is 9.61. The number of esters is 1. The van der Waals surface area contributed by atoms with Crippen LogP contribution in [-0.4, -0.2) is 36.1 Å². The number of benzene rings is 1. The molecule has 1 aromatic carbocycles. The van der Waals surface area contributed by atoms with Gasteiger partial charge in [0.1, 0.15) is 6.61 Å². The Bertz CT molecular complexity index is 602. The molecule has 3 nitrogen and oxygen atoms in total. The molecule has 0 unspecified atom stereocenters. The van der Waals surface area contributed by atoms with Crippen LogP contribution in [0.25, 0.3) is 0 Å². The molecule has 4 rings (SSSR count). The van der Waals surface area contributed by atoms with Crippen molar-refractivity contribution in [3.63, 3.8) is 0 Å². The van der Waals surface area contributed by atoms with Crippen molar-refractivity contribution < 1.29 is 9.53 Å². The van der Waals surface area contributed by atoms with E-state index >= 15 is 0 Å². The summed E-state index contributed by atoms with van der Waals surface area (Å²) in [6.07, 6.45) is 6.62. The quantitative estimate of drug-likeness (QED) is 0.734. The lowest BCUT2D eigenvalue weighted by atomic mass is 9.79. The Morgan fingerprint density at radius 1 is 1.35 bits per heavy atom. The zero-order valence-corrected chi connectivity index (χ0v) is 15.2. The third-order valence-corrected chi connectivity index (χ3v) is 7.08. The second kappa shape index (κ2) is 5.89. The number of hydrogen-bond acceptors (Lipinski definition) is 3. The van der Waals surface area contributed by atoms with Crippen molar-refractivity contribution in [2.75, 3.05) is 13.2 Å². The lowest BCUT2D eigenvalue weighted by Gasteiger charge is -2.31. The molecule has 0 N–H and O–H groups in total. The van der Waals surface area contributed by atoms with Crippen molar-refractivity contribution in [2.45, 2.75) is 51.1 Å². The highest BCUT2D eigenvalue weighted by Gasteiger charge is 2.59. The molecule has 124 valence electrons. The average Bonchev–Trinajstić information content (AvgIpc) is 3.21. The summed E-state index contributed by atoms with van der Waals surface area (Å²) in [6, 6.07) is 8.57. The normalized spacial score (nSPS) is 35.5. The van der Waals surface area contributed by atoms with Gasteiger partial charge in [0.15, 0.2) is 0 Å². The second-order valence-electron chi connectivity index (χ2n) is 7.44. The minimum absolute atomic E-state index is 0.199. The molecule has 3 aliphatic rings. The maximum Gasteiger partial charge on any atom is 0.338 e. The zero-order valence-electron chi connectivity index (χ0n) is 13.6. The first kappa shape index (κ1) is 15.6. The van der Waals surface area contributed by atoms with E-state index in [2.05, 4.69) is 27.8 Å². The van der Waals surface area contributed by atoms with Gasteiger partial charge in [0.2, 0.25) is 0 Å². The van der Waals surface area contributed by atoms with E-state index < -0.39 is 0 Å². The fraction of sp³-hybridized carbons (Fsp3) is 0.632. The van der Waals surface area contributed by atoms with Gasteiger partial charge in [-0.15, -0.1) is 0 Å². The van der Waals surface area contributed by atoms with E-state index in [-0.39, 0.29) is 5.97 Å². The molecular formula is C19H24BrNO2. The molecule has 2 heterocycles. The van der Waals surface area contributed by atoms with Crippen molar-refractivity contribution >= 4 is 21.9 Å². The molecule has 0 aromatic heterocycles. The summed E-state index contributed by atoms with van der Waals surface area (Å²) in [5, 5.41) is 0. The van der Waals surface area contributed by atoms with E-state index in [9.17, 15) is 4.79 Å². The highest BCUT2D eigenvalue weighted by Crippen LogP contribution is 2.58. The highest BCUT2D eigenvalue weighted by atomic mass is 79.9. The number of ether oxygens (including phenoxy) is 1. The van der Waals surface area contributed by atoms with Gasteiger partial charge in [0, 0.05) is 16.6 Å². The Morgan fingerprint density at radius 2 is 2.13 bits per heavy atom. The third-order valence-electron chi connectivity index (χ3n) is 6.55. The zero-order chi connectivity index (χ0) is 16.0. The maximum atomic E-state index is 12.2. The summed E-state index contributed by atoms with van der Waals surface area (Å²) in [5.41, 5.74) is 1.20. The highest BCUT2D eigenvalue weighted by molar-refractivity contribution is 9.10. The van der Waals surface area contributed by atoms with E-state index in [1.807, 2.05) is 24.3 Å². The smallest absolute Gasteiger partial charge is 0.338 e. The van der Waals surface area contributed by atoms with Crippen molar-refractivity contribution in [1.29, 1.82) is 0 Å². The number of rotatable bonds is 4. The van der Waals surface area contributed by atoms with Crippen molar-refractivity contribution in [3.05, 3.63) is 34.3 Å². The number of nitrogens with zero attached hydrogens (tertiary/aromatic N) is 1. The Labute approximate surface area is 146 Å². The van der Waals surface area contributed by atoms with Gasteiger partial charge >= 0.3 is 5.97 Å². The van der Waals surface area contributed by atoms with Crippen LogP contribution in [0, 0.1) is 11.3 Å². The van der Waals surface area contributed by atoms with Crippen LogP contribution in [0.15, 0.2) is 28.7 Å². The average molecular weight is 378 g/mol. The summed E-state index contributed by atoms with van der Waals surface area (Å²) >= 11 is 3.39. The molecule has 0 bridgehead atoms. The molecule has 3 fully saturated rings. The summed E-state index contributed by atoms with van der Waals surface area (Å²) < 4.78 is 6.62. The summed E-state index contributed by atoms with van der Waals surface area (Å²) in [6.45, 7) is 4.09. The summed E-state index contributed by atoms with van der Waals surface area (Å²) in [5.74, 6) is 0.629. The number of halogens is 1. The van der Waals surface area contributed by atoms with Gasteiger partial charge in [-0.3, -0.25) is 4.90 Å². The Kier molecular flexibility index (Phi) is 4.01. The van der Waals surface area contributed by atoms with Crippen LogP contribution < -0.4 is 0 Å². The molecule has 0 radical (unpaired) electrons. The molecule has 2 saturated heterocycles. The lowest BCUT2D eigenvalue weighted by Crippen LogP contribution is -2.39. The Morgan fingerprint density at radius 3 is 2.87 bits per heavy atom. The third kappa shape index (κ3) is 2.54. The molecule has 0 amide bonds. The van der Waals surface area contributed by atoms with Crippen LogP contribution >= 0.6 is 15.9 Å². The predicted octanol–water partition coefficient (Wildman–Crippen LogP) is 4.26. The topological polar surface area (TPSA) is 29.5 Å². The fourth-order valence-corrected chi connectivity index (χ4v) is 5.64. The molecular weight excluding hydrogens is 354 g/mol. The maximum absolute atomic E-state index is 12.2. The van der Waals surface area contributed by atoms with Gasteiger partial charge in [-0.1, -0.05) is 22.9 Å². The molecule has 1 aliphatic carbocycles. The van der Waals surface area contributed by atoms with Gasteiger partial charge in [0.05, 0.1) is 5.56 Å². The standard InChI is InChI=1S/C19H24BrNO2/c1-2-19-8-7-14-11-16(21(10-9-19)17(14)19)12-23-18(22)13-3-5-15(20)6-4-13/h3-6,14,16-17H,2,7-12H2,1H3/t14-,16+,17+,19+/m1/s1. The van der Waals surface area contributed by atoms with Crippen LogP contribution in [0.4, 0.5) is 0 Å². The molecule has 4 heteroatoms. The Balaban J connectivity index is 1.39. The SMILES string of the molecule is CC[C@]12CC[C@@H]3C[C@@H](COC(=O)c4ccc(Br)cc4)N(CC1)[C@@H]32. The van der Waals surface area contributed by atoms with E-state index in [0.717, 1.165) is 16.4 Å². The monoisotopic (exact) mass is 377 g/mol. The fourth-order valence-electron chi connectivity index (χ4n) is 5.37. The number of carbonyl (C=O) groups is 1. The molecule has 1 aromatic rings. The molecule has 4 atom stereocenters. The first-order valence-electron chi connectivity index (χ1n) is 8.81. The minimum atomic E-state index is -0.199. The van der Waals surface area contributed by atoms with E-state index in [4.69, 9.17) is 4.74 Å². The van der Waals surface area contributed by atoms with Crippen LogP contribution in [0.2, 0.25) is 0 Å². The lowest BCUT2D eigenvalue weighted by molar-refractivity contribution is 0.0379. The predicted molar refractivity (Wildman–Crippen MR) is 93.4 cm³/mol.